The Labute approximate surface area is 104 Å². The van der Waals surface area contributed by atoms with Crippen LogP contribution in [0.5, 0.6) is 0 Å². The molecule has 0 saturated heterocycles. The van der Waals surface area contributed by atoms with Crippen LogP contribution in [0.4, 0.5) is 5.69 Å². The molecule has 0 radical (unpaired) electrons. The van der Waals surface area contributed by atoms with Crippen molar-refractivity contribution in [1.82, 2.24) is 5.32 Å². The van der Waals surface area contributed by atoms with Crippen molar-refractivity contribution in [2.45, 2.75) is 13.1 Å². The third kappa shape index (κ3) is 2.98. The molecule has 1 aromatic heterocycles. The molecule has 0 bridgehead atoms. The van der Waals surface area contributed by atoms with Gasteiger partial charge in [0.05, 0.1) is 10.7 Å². The van der Waals surface area contributed by atoms with E-state index in [0.717, 1.165) is 18.7 Å². The Kier molecular flexibility index (Phi) is 3.83. The van der Waals surface area contributed by atoms with Crippen LogP contribution in [0.2, 0.25) is 5.02 Å². The summed E-state index contributed by atoms with van der Waals surface area (Å²) in [6.45, 7) is 1.69. The number of halogens is 1. The Hall–Kier alpha value is -1.03. The van der Waals surface area contributed by atoms with Crippen LogP contribution >= 0.6 is 22.9 Å². The number of thiophene rings is 1. The number of nitrogens with one attached hydrogen (secondary N) is 1. The SMILES string of the molecule is Nc1cc(CNCc2cccs2)ccc1Cl. The summed E-state index contributed by atoms with van der Waals surface area (Å²) < 4.78 is 0. The number of nitrogens with two attached hydrogens (primary N) is 1. The molecule has 2 rings (SSSR count). The number of nitrogen functional groups attached to an aromatic ring is 1. The molecule has 1 aromatic carbocycles. The Balaban J connectivity index is 1.87. The molecule has 0 amide bonds. The van der Waals surface area contributed by atoms with Crippen LogP contribution in [0.25, 0.3) is 0 Å². The zero-order chi connectivity index (χ0) is 11.4. The average Bonchev–Trinajstić information content (AvgIpc) is 2.76. The molecule has 1 heterocycles. The summed E-state index contributed by atoms with van der Waals surface area (Å²) in [7, 11) is 0. The lowest BCUT2D eigenvalue weighted by Gasteiger charge is -2.05. The van der Waals surface area contributed by atoms with Crippen molar-refractivity contribution in [2.75, 3.05) is 5.73 Å². The molecule has 0 aliphatic carbocycles. The Morgan fingerprint density at radius 2 is 2.12 bits per heavy atom. The number of hydrogen-bond acceptors (Lipinski definition) is 3. The number of rotatable bonds is 4. The number of benzene rings is 1. The molecule has 3 N–H and O–H groups in total. The monoisotopic (exact) mass is 252 g/mol. The van der Waals surface area contributed by atoms with Crippen molar-refractivity contribution in [2.24, 2.45) is 0 Å². The summed E-state index contributed by atoms with van der Waals surface area (Å²) in [4.78, 5) is 1.34. The van der Waals surface area contributed by atoms with Crippen LogP contribution < -0.4 is 11.1 Å². The molecule has 4 heteroatoms. The molecule has 0 atom stereocenters. The first kappa shape index (κ1) is 11.5. The quantitative estimate of drug-likeness (QED) is 0.820. The van der Waals surface area contributed by atoms with Gasteiger partial charge in [0.15, 0.2) is 0 Å². The van der Waals surface area contributed by atoms with Gasteiger partial charge in [0.1, 0.15) is 0 Å². The first-order valence-electron chi connectivity index (χ1n) is 5.03. The summed E-state index contributed by atoms with van der Waals surface area (Å²) in [5, 5.41) is 6.06. The molecule has 0 unspecified atom stereocenters. The van der Waals surface area contributed by atoms with E-state index in [4.69, 9.17) is 17.3 Å². The van der Waals surface area contributed by atoms with Gasteiger partial charge in [-0.2, -0.15) is 0 Å². The molecular formula is C12H13ClN2S. The van der Waals surface area contributed by atoms with Crippen molar-refractivity contribution in [3.8, 4) is 0 Å². The van der Waals surface area contributed by atoms with Crippen LogP contribution in [-0.2, 0) is 13.1 Å². The first-order valence-corrected chi connectivity index (χ1v) is 6.28. The van der Waals surface area contributed by atoms with Crippen molar-refractivity contribution < 1.29 is 0 Å². The minimum atomic E-state index is 0.613. The number of hydrogen-bond donors (Lipinski definition) is 2. The largest absolute Gasteiger partial charge is 0.398 e. The van der Waals surface area contributed by atoms with Crippen molar-refractivity contribution >= 4 is 28.6 Å². The molecule has 84 valence electrons. The lowest BCUT2D eigenvalue weighted by Crippen LogP contribution is -2.11. The zero-order valence-corrected chi connectivity index (χ0v) is 10.3. The van der Waals surface area contributed by atoms with E-state index in [9.17, 15) is 0 Å². The smallest absolute Gasteiger partial charge is 0.0635 e. The summed E-state index contributed by atoms with van der Waals surface area (Å²) >= 11 is 7.61. The zero-order valence-electron chi connectivity index (χ0n) is 8.74. The highest BCUT2D eigenvalue weighted by Crippen LogP contribution is 2.19. The van der Waals surface area contributed by atoms with E-state index in [1.54, 1.807) is 11.3 Å². The molecule has 2 aromatic rings. The van der Waals surface area contributed by atoms with Crippen LogP contribution in [0.3, 0.4) is 0 Å². The van der Waals surface area contributed by atoms with E-state index in [1.807, 2.05) is 18.2 Å². The summed E-state index contributed by atoms with van der Waals surface area (Å²) in [6.07, 6.45) is 0. The molecule has 0 aliphatic heterocycles. The van der Waals surface area contributed by atoms with E-state index in [2.05, 4.69) is 22.8 Å². The van der Waals surface area contributed by atoms with Crippen molar-refractivity contribution in [3.63, 3.8) is 0 Å². The molecular weight excluding hydrogens is 240 g/mol. The second-order valence-corrected chi connectivity index (χ2v) is 4.98. The normalized spacial score (nSPS) is 10.6. The van der Waals surface area contributed by atoms with Gasteiger partial charge >= 0.3 is 0 Å². The van der Waals surface area contributed by atoms with Crippen LogP contribution in [0.15, 0.2) is 35.7 Å². The van der Waals surface area contributed by atoms with Crippen molar-refractivity contribution in [3.05, 3.63) is 51.2 Å². The predicted molar refractivity (Wildman–Crippen MR) is 70.7 cm³/mol. The van der Waals surface area contributed by atoms with E-state index in [1.165, 1.54) is 4.88 Å². The predicted octanol–water partition coefficient (Wildman–Crippen LogP) is 3.27. The lowest BCUT2D eigenvalue weighted by atomic mass is 10.2. The maximum atomic E-state index is 5.85. The minimum absolute atomic E-state index is 0.613. The second kappa shape index (κ2) is 5.34. The maximum absolute atomic E-state index is 5.85. The van der Waals surface area contributed by atoms with Crippen LogP contribution in [-0.4, -0.2) is 0 Å². The van der Waals surface area contributed by atoms with E-state index < -0.39 is 0 Å². The van der Waals surface area contributed by atoms with Gasteiger partial charge in [0, 0.05) is 18.0 Å². The van der Waals surface area contributed by atoms with E-state index in [-0.39, 0.29) is 0 Å². The van der Waals surface area contributed by atoms with Gasteiger partial charge in [-0.25, -0.2) is 0 Å². The maximum Gasteiger partial charge on any atom is 0.0635 e. The molecule has 0 saturated carbocycles. The Bertz CT molecular complexity index is 454. The fraction of sp³-hybridized carbons (Fsp3) is 0.167. The van der Waals surface area contributed by atoms with Crippen molar-refractivity contribution in [1.29, 1.82) is 0 Å². The highest BCUT2D eigenvalue weighted by molar-refractivity contribution is 7.09. The van der Waals surface area contributed by atoms with Gasteiger partial charge in [-0.05, 0) is 29.1 Å². The van der Waals surface area contributed by atoms with Gasteiger partial charge in [-0.3, -0.25) is 0 Å². The summed E-state index contributed by atoms with van der Waals surface area (Å²) in [5.41, 5.74) is 7.52. The Morgan fingerprint density at radius 1 is 1.25 bits per heavy atom. The molecule has 16 heavy (non-hydrogen) atoms. The number of anilines is 1. The lowest BCUT2D eigenvalue weighted by molar-refractivity contribution is 0.701. The van der Waals surface area contributed by atoms with E-state index in [0.29, 0.717) is 10.7 Å². The summed E-state index contributed by atoms with van der Waals surface area (Å²) in [6, 6.07) is 9.90. The van der Waals surface area contributed by atoms with E-state index >= 15 is 0 Å². The standard InChI is InChI=1S/C12H13ClN2S/c13-11-4-3-9(6-12(11)14)7-15-8-10-2-1-5-16-10/h1-6,15H,7-8,14H2. The van der Waals surface area contributed by atoms with Gasteiger partial charge in [-0.1, -0.05) is 23.7 Å². The van der Waals surface area contributed by atoms with Crippen LogP contribution in [0.1, 0.15) is 10.4 Å². The molecule has 0 fully saturated rings. The van der Waals surface area contributed by atoms with Gasteiger partial charge < -0.3 is 11.1 Å². The fourth-order valence-corrected chi connectivity index (χ4v) is 2.24. The average molecular weight is 253 g/mol. The Morgan fingerprint density at radius 3 is 2.81 bits per heavy atom. The topological polar surface area (TPSA) is 38.0 Å². The minimum Gasteiger partial charge on any atom is -0.398 e. The highest BCUT2D eigenvalue weighted by atomic mass is 35.5. The van der Waals surface area contributed by atoms with Gasteiger partial charge in [0.25, 0.3) is 0 Å². The highest BCUT2D eigenvalue weighted by Gasteiger charge is 1.98. The molecule has 0 spiro atoms. The van der Waals surface area contributed by atoms with Gasteiger partial charge in [-0.15, -0.1) is 11.3 Å². The molecule has 0 aliphatic rings. The van der Waals surface area contributed by atoms with Gasteiger partial charge in [0.2, 0.25) is 0 Å². The summed E-state index contributed by atoms with van der Waals surface area (Å²) in [5.74, 6) is 0. The molecule has 2 nitrogen and oxygen atoms in total. The first-order chi connectivity index (χ1) is 7.75. The third-order valence-corrected chi connectivity index (χ3v) is 3.49. The van der Waals surface area contributed by atoms with Crippen LogP contribution in [0, 0.1) is 0 Å². The third-order valence-electron chi connectivity index (χ3n) is 2.27. The second-order valence-electron chi connectivity index (χ2n) is 3.54. The fourth-order valence-electron chi connectivity index (χ4n) is 1.45.